The van der Waals surface area contributed by atoms with Gasteiger partial charge in [0.05, 0.1) is 5.39 Å². The van der Waals surface area contributed by atoms with Gasteiger partial charge in [0.2, 0.25) is 0 Å². The highest BCUT2D eigenvalue weighted by molar-refractivity contribution is 6.05. The number of hydrogen-bond donors (Lipinski definition) is 2. The summed E-state index contributed by atoms with van der Waals surface area (Å²) in [4.78, 5) is 24.2. The monoisotopic (exact) mass is 326 g/mol. The van der Waals surface area contributed by atoms with Crippen LogP contribution in [0.3, 0.4) is 0 Å². The van der Waals surface area contributed by atoms with Crippen LogP contribution in [0.25, 0.3) is 10.8 Å². The molecule has 126 valence electrons. The molecule has 0 radical (unpaired) electrons. The lowest BCUT2D eigenvalue weighted by atomic mass is 9.72. The Morgan fingerprint density at radius 1 is 1.33 bits per heavy atom. The predicted octanol–water partition coefficient (Wildman–Crippen LogP) is 2.86. The van der Waals surface area contributed by atoms with Crippen LogP contribution < -0.4 is 11.0 Å². The number of aromatic nitrogens is 2. The molecular formula is C18H22N4O2. The zero-order chi connectivity index (χ0) is 17.3. The Labute approximate surface area is 140 Å². The third-order valence-electron chi connectivity index (χ3n) is 4.39. The maximum atomic E-state index is 12.5. The summed E-state index contributed by atoms with van der Waals surface area (Å²) in [5.74, 6) is 0.141. The Hall–Kier alpha value is -2.50. The Morgan fingerprint density at radius 2 is 2.04 bits per heavy atom. The van der Waals surface area contributed by atoms with Gasteiger partial charge in [-0.15, -0.1) is 0 Å². The number of carbonyl (C=O) groups excluding carboxylic acids is 1. The van der Waals surface area contributed by atoms with Gasteiger partial charge in [-0.1, -0.05) is 39.0 Å². The first-order valence-electron chi connectivity index (χ1n) is 8.19. The van der Waals surface area contributed by atoms with Crippen LogP contribution >= 0.6 is 0 Å². The SMILES string of the molecule is C[C@@H]1C/C(=N/NC(=O)c2n[nH]c(=O)c3ccccc23)CC(C)(C)C1. The molecule has 2 N–H and O–H groups in total. The van der Waals surface area contributed by atoms with Crippen LogP contribution in [0.15, 0.2) is 34.2 Å². The molecule has 0 spiro atoms. The van der Waals surface area contributed by atoms with E-state index in [2.05, 4.69) is 41.5 Å². The number of carbonyl (C=O) groups is 1. The first kappa shape index (κ1) is 16.4. The number of nitrogens with one attached hydrogen (secondary N) is 2. The van der Waals surface area contributed by atoms with E-state index in [1.165, 1.54) is 0 Å². The lowest BCUT2D eigenvalue weighted by Crippen LogP contribution is -2.30. The van der Waals surface area contributed by atoms with Crippen molar-refractivity contribution in [2.75, 3.05) is 0 Å². The van der Waals surface area contributed by atoms with Crippen molar-refractivity contribution < 1.29 is 4.79 Å². The van der Waals surface area contributed by atoms with Crippen molar-refractivity contribution >= 4 is 22.4 Å². The van der Waals surface area contributed by atoms with Gasteiger partial charge < -0.3 is 0 Å². The topological polar surface area (TPSA) is 87.2 Å². The summed E-state index contributed by atoms with van der Waals surface area (Å²) < 4.78 is 0. The molecule has 1 saturated carbocycles. The van der Waals surface area contributed by atoms with Crippen molar-refractivity contribution in [2.45, 2.75) is 40.0 Å². The van der Waals surface area contributed by atoms with Crippen molar-refractivity contribution in [1.82, 2.24) is 15.6 Å². The first-order chi connectivity index (χ1) is 11.4. The number of H-pyrrole nitrogens is 1. The number of aromatic amines is 1. The Kier molecular flexibility index (Phi) is 4.22. The highest BCUT2D eigenvalue weighted by Gasteiger charge is 2.29. The summed E-state index contributed by atoms with van der Waals surface area (Å²) in [6.07, 6.45) is 2.92. The molecule has 24 heavy (non-hydrogen) atoms. The number of rotatable bonds is 2. The minimum atomic E-state index is -0.411. The molecule has 0 aliphatic heterocycles. The lowest BCUT2D eigenvalue weighted by molar-refractivity contribution is 0.0949. The molecule has 1 heterocycles. The molecule has 6 nitrogen and oxygen atoms in total. The van der Waals surface area contributed by atoms with Gasteiger partial charge >= 0.3 is 0 Å². The molecule has 0 unspecified atom stereocenters. The fourth-order valence-electron chi connectivity index (χ4n) is 3.67. The number of fused-ring (bicyclic) bond motifs is 1. The third-order valence-corrected chi connectivity index (χ3v) is 4.39. The molecule has 1 atom stereocenters. The summed E-state index contributed by atoms with van der Waals surface area (Å²) in [5, 5.41) is 11.5. The molecule has 1 amide bonds. The molecule has 1 aromatic carbocycles. The average Bonchev–Trinajstić information content (AvgIpc) is 2.51. The minimum absolute atomic E-state index is 0.178. The van der Waals surface area contributed by atoms with Crippen LogP contribution in [0.2, 0.25) is 0 Å². The van der Waals surface area contributed by atoms with Crippen LogP contribution in [0.5, 0.6) is 0 Å². The van der Waals surface area contributed by atoms with E-state index in [-0.39, 0.29) is 16.7 Å². The second kappa shape index (κ2) is 6.19. The molecule has 1 aliphatic carbocycles. The van der Waals surface area contributed by atoms with Crippen LogP contribution in [0.1, 0.15) is 50.5 Å². The van der Waals surface area contributed by atoms with E-state index in [0.717, 1.165) is 25.0 Å². The molecule has 6 heteroatoms. The molecule has 1 aliphatic rings. The highest BCUT2D eigenvalue weighted by atomic mass is 16.2. The second-order valence-corrected chi connectivity index (χ2v) is 7.42. The van der Waals surface area contributed by atoms with Gasteiger partial charge in [-0.3, -0.25) is 9.59 Å². The number of hydrazone groups is 1. The zero-order valence-electron chi connectivity index (χ0n) is 14.2. The van der Waals surface area contributed by atoms with Crippen LogP contribution in [0.4, 0.5) is 0 Å². The highest BCUT2D eigenvalue weighted by Crippen LogP contribution is 2.36. The summed E-state index contributed by atoms with van der Waals surface area (Å²) in [6.45, 7) is 6.64. The summed E-state index contributed by atoms with van der Waals surface area (Å²) in [7, 11) is 0. The second-order valence-electron chi connectivity index (χ2n) is 7.42. The van der Waals surface area contributed by atoms with E-state index in [1.54, 1.807) is 24.3 Å². The van der Waals surface area contributed by atoms with Gasteiger partial charge in [-0.05, 0) is 36.7 Å². The Morgan fingerprint density at radius 3 is 2.75 bits per heavy atom. The quantitative estimate of drug-likeness (QED) is 0.832. The molecular weight excluding hydrogens is 304 g/mol. The van der Waals surface area contributed by atoms with Crippen molar-refractivity contribution in [3.63, 3.8) is 0 Å². The lowest BCUT2D eigenvalue weighted by Gasteiger charge is -2.34. The van der Waals surface area contributed by atoms with E-state index in [0.29, 0.717) is 16.7 Å². The van der Waals surface area contributed by atoms with Gasteiger partial charge in [0.1, 0.15) is 0 Å². The molecule has 3 rings (SSSR count). The molecule has 2 aromatic rings. The van der Waals surface area contributed by atoms with Gasteiger partial charge in [-0.25, -0.2) is 10.5 Å². The minimum Gasteiger partial charge on any atom is -0.267 e. The van der Waals surface area contributed by atoms with Crippen molar-refractivity contribution in [3.05, 3.63) is 40.3 Å². The molecule has 0 saturated heterocycles. The van der Waals surface area contributed by atoms with E-state index >= 15 is 0 Å². The molecule has 1 aromatic heterocycles. The fraction of sp³-hybridized carbons (Fsp3) is 0.444. The van der Waals surface area contributed by atoms with Crippen molar-refractivity contribution in [2.24, 2.45) is 16.4 Å². The smallest absolute Gasteiger partial charge is 0.267 e. The van der Waals surface area contributed by atoms with Gasteiger partial charge in [-0.2, -0.15) is 10.2 Å². The number of benzene rings is 1. The molecule has 0 bridgehead atoms. The largest absolute Gasteiger partial charge is 0.292 e. The fourth-order valence-corrected chi connectivity index (χ4v) is 3.67. The predicted molar refractivity (Wildman–Crippen MR) is 94.1 cm³/mol. The van der Waals surface area contributed by atoms with Crippen LogP contribution in [-0.2, 0) is 0 Å². The maximum Gasteiger partial charge on any atom is 0.292 e. The van der Waals surface area contributed by atoms with Crippen LogP contribution in [0, 0.1) is 11.3 Å². The molecule has 1 fully saturated rings. The summed E-state index contributed by atoms with van der Waals surface area (Å²) in [5.41, 5.74) is 3.67. The first-order valence-corrected chi connectivity index (χ1v) is 8.19. The maximum absolute atomic E-state index is 12.5. The van der Waals surface area contributed by atoms with E-state index < -0.39 is 5.91 Å². The Bertz CT molecular complexity index is 867. The van der Waals surface area contributed by atoms with E-state index in [1.807, 2.05) is 0 Å². The van der Waals surface area contributed by atoms with E-state index in [4.69, 9.17) is 0 Å². The average molecular weight is 326 g/mol. The summed E-state index contributed by atoms with van der Waals surface area (Å²) in [6, 6.07) is 6.91. The number of amides is 1. The van der Waals surface area contributed by atoms with Gasteiger partial charge in [0.15, 0.2) is 5.69 Å². The number of hydrogen-bond acceptors (Lipinski definition) is 4. The zero-order valence-corrected chi connectivity index (χ0v) is 14.2. The number of nitrogens with zero attached hydrogens (tertiary/aromatic N) is 2. The van der Waals surface area contributed by atoms with Crippen molar-refractivity contribution in [3.8, 4) is 0 Å². The third kappa shape index (κ3) is 3.37. The normalized spacial score (nSPS) is 21.8. The summed E-state index contributed by atoms with van der Waals surface area (Å²) >= 11 is 0. The standard InChI is InChI=1S/C18H22N4O2/c1-11-8-12(10-18(2,3)9-11)19-22-17(24)15-13-6-4-5-7-14(13)16(23)21-20-15/h4-7,11H,8-10H2,1-3H3,(H,21,23)(H,22,24)/b19-12-/t11-/m1/s1. The van der Waals surface area contributed by atoms with Crippen LogP contribution in [-0.4, -0.2) is 21.8 Å². The van der Waals surface area contributed by atoms with E-state index in [9.17, 15) is 9.59 Å². The van der Waals surface area contributed by atoms with Crippen molar-refractivity contribution in [1.29, 1.82) is 0 Å². The Balaban J connectivity index is 1.85. The van der Waals surface area contributed by atoms with Gasteiger partial charge in [0.25, 0.3) is 11.5 Å². The van der Waals surface area contributed by atoms with Gasteiger partial charge in [0, 0.05) is 11.1 Å².